The van der Waals surface area contributed by atoms with Gasteiger partial charge < -0.3 is 5.32 Å². The molecule has 1 fully saturated rings. The number of Topliss-reactive ketones (excluding diaryl/α,β-unsaturated/α-hetero) is 1. The molecule has 0 spiro atoms. The van der Waals surface area contributed by atoms with Crippen LogP contribution in [0.4, 0.5) is 0 Å². The maximum absolute atomic E-state index is 12.2. The van der Waals surface area contributed by atoms with Crippen LogP contribution in [0.2, 0.25) is 4.34 Å². The Kier molecular flexibility index (Phi) is 4.60. The number of hydrogen-bond donors (Lipinski definition) is 1. The second-order valence-electron chi connectivity index (χ2n) is 4.90. The number of hydrogen-bond acceptors (Lipinski definition) is 4. The minimum absolute atomic E-state index is 0.00128. The van der Waals surface area contributed by atoms with Crippen LogP contribution in [0.1, 0.15) is 29.4 Å². The van der Waals surface area contributed by atoms with Gasteiger partial charge in [0.2, 0.25) is 5.91 Å². The van der Waals surface area contributed by atoms with Gasteiger partial charge in [0.1, 0.15) is 0 Å². The largest absolute Gasteiger partial charge is 0.352 e. The van der Waals surface area contributed by atoms with Crippen molar-refractivity contribution in [2.45, 2.75) is 31.8 Å². The highest BCUT2D eigenvalue weighted by Crippen LogP contribution is 2.23. The molecule has 1 atom stereocenters. The minimum Gasteiger partial charge on any atom is -0.352 e. The van der Waals surface area contributed by atoms with E-state index in [1.165, 1.54) is 11.3 Å². The predicted octanol–water partition coefficient (Wildman–Crippen LogP) is 2.18. The molecule has 0 aromatic carbocycles. The van der Waals surface area contributed by atoms with Crippen molar-refractivity contribution in [1.82, 2.24) is 10.2 Å². The number of carbonyl (C=O) groups excluding carboxylic acids is 2. The van der Waals surface area contributed by atoms with E-state index in [4.69, 9.17) is 11.6 Å². The predicted molar refractivity (Wildman–Crippen MR) is 76.9 cm³/mol. The molecular weight excluding hydrogens is 284 g/mol. The fraction of sp³-hybridized carbons (Fsp3) is 0.538. The van der Waals surface area contributed by atoms with Gasteiger partial charge in [-0.3, -0.25) is 14.5 Å². The lowest BCUT2D eigenvalue weighted by Gasteiger charge is -2.22. The number of halogens is 1. The summed E-state index contributed by atoms with van der Waals surface area (Å²) in [6, 6.07) is 3.46. The molecule has 1 aromatic heterocycles. The smallest absolute Gasteiger partial charge is 0.234 e. The van der Waals surface area contributed by atoms with Crippen molar-refractivity contribution in [2.24, 2.45) is 0 Å². The van der Waals surface area contributed by atoms with E-state index in [1.807, 2.05) is 0 Å². The van der Waals surface area contributed by atoms with Crippen LogP contribution in [-0.4, -0.2) is 42.3 Å². The number of carbonyl (C=O) groups is 2. The summed E-state index contributed by atoms with van der Waals surface area (Å²) in [6.07, 6.45) is 2.13. The van der Waals surface area contributed by atoms with Crippen molar-refractivity contribution in [2.75, 3.05) is 13.6 Å². The zero-order valence-corrected chi connectivity index (χ0v) is 12.6. The molecule has 1 aliphatic carbocycles. The molecule has 0 bridgehead atoms. The Morgan fingerprint density at radius 1 is 1.53 bits per heavy atom. The summed E-state index contributed by atoms with van der Waals surface area (Å²) in [5, 5.41) is 2.91. The van der Waals surface area contributed by atoms with Crippen molar-refractivity contribution in [1.29, 1.82) is 0 Å². The fourth-order valence-electron chi connectivity index (χ4n) is 1.72. The average Bonchev–Trinajstić information content (AvgIpc) is 3.06. The fourth-order valence-corrected chi connectivity index (χ4v) is 2.78. The molecule has 4 nitrogen and oxygen atoms in total. The first-order chi connectivity index (χ1) is 8.97. The number of thiophene rings is 1. The molecule has 0 aliphatic heterocycles. The van der Waals surface area contributed by atoms with Gasteiger partial charge in [-0.15, -0.1) is 11.3 Å². The zero-order chi connectivity index (χ0) is 14.0. The molecule has 1 unspecified atom stereocenters. The summed E-state index contributed by atoms with van der Waals surface area (Å²) < 4.78 is 0.602. The van der Waals surface area contributed by atoms with E-state index < -0.39 is 0 Å². The normalized spacial score (nSPS) is 16.4. The monoisotopic (exact) mass is 300 g/mol. The lowest BCUT2D eigenvalue weighted by Crippen LogP contribution is -2.43. The third-order valence-corrected chi connectivity index (χ3v) is 4.44. The molecule has 1 heterocycles. The van der Waals surface area contributed by atoms with E-state index in [1.54, 1.807) is 31.0 Å². The molecule has 1 amide bonds. The number of rotatable bonds is 6. The zero-order valence-electron chi connectivity index (χ0n) is 11.0. The quantitative estimate of drug-likeness (QED) is 0.819. The number of nitrogens with one attached hydrogen (secondary N) is 1. The molecule has 19 heavy (non-hydrogen) atoms. The lowest BCUT2D eigenvalue weighted by molar-refractivity contribution is -0.122. The summed E-state index contributed by atoms with van der Waals surface area (Å²) in [5.41, 5.74) is 0. The van der Waals surface area contributed by atoms with Crippen molar-refractivity contribution in [3.63, 3.8) is 0 Å². The Morgan fingerprint density at radius 2 is 2.21 bits per heavy atom. The molecule has 0 saturated heterocycles. The molecule has 0 radical (unpaired) electrons. The molecule has 6 heteroatoms. The number of ketones is 1. The summed E-state index contributed by atoms with van der Waals surface area (Å²) in [7, 11) is 1.78. The summed E-state index contributed by atoms with van der Waals surface area (Å²) in [4.78, 5) is 26.3. The highest BCUT2D eigenvalue weighted by molar-refractivity contribution is 7.18. The summed E-state index contributed by atoms with van der Waals surface area (Å²) in [6.45, 7) is 2.04. The van der Waals surface area contributed by atoms with Gasteiger partial charge in [0.05, 0.1) is 21.8 Å². The highest BCUT2D eigenvalue weighted by atomic mass is 35.5. The van der Waals surface area contributed by atoms with Crippen LogP contribution in [-0.2, 0) is 4.79 Å². The van der Waals surface area contributed by atoms with Crippen LogP contribution < -0.4 is 5.32 Å². The van der Waals surface area contributed by atoms with Crippen LogP contribution in [0.15, 0.2) is 12.1 Å². The Labute approximate surface area is 121 Å². The second-order valence-corrected chi connectivity index (χ2v) is 6.62. The van der Waals surface area contributed by atoms with Crippen molar-refractivity contribution >= 4 is 34.6 Å². The van der Waals surface area contributed by atoms with Crippen molar-refractivity contribution < 1.29 is 9.59 Å². The summed E-state index contributed by atoms with van der Waals surface area (Å²) in [5.74, 6) is -0.0208. The Morgan fingerprint density at radius 3 is 2.74 bits per heavy atom. The van der Waals surface area contributed by atoms with Gasteiger partial charge in [0.25, 0.3) is 0 Å². The third-order valence-electron chi connectivity index (χ3n) is 3.19. The second kappa shape index (κ2) is 6.03. The molecule has 1 aromatic rings. The van der Waals surface area contributed by atoms with Gasteiger partial charge in [-0.05, 0) is 38.9 Å². The first kappa shape index (κ1) is 14.5. The van der Waals surface area contributed by atoms with Crippen LogP contribution >= 0.6 is 22.9 Å². The van der Waals surface area contributed by atoms with Gasteiger partial charge in [0, 0.05) is 6.04 Å². The van der Waals surface area contributed by atoms with Crippen LogP contribution in [0.25, 0.3) is 0 Å². The number of amides is 1. The molecule has 104 valence electrons. The van der Waals surface area contributed by atoms with E-state index in [-0.39, 0.29) is 24.3 Å². The van der Waals surface area contributed by atoms with Gasteiger partial charge >= 0.3 is 0 Å². The average molecular weight is 301 g/mol. The first-order valence-electron chi connectivity index (χ1n) is 6.26. The first-order valence-corrected chi connectivity index (χ1v) is 7.46. The van der Waals surface area contributed by atoms with E-state index in [2.05, 4.69) is 5.32 Å². The van der Waals surface area contributed by atoms with Crippen LogP contribution in [0, 0.1) is 0 Å². The van der Waals surface area contributed by atoms with Gasteiger partial charge in [-0.1, -0.05) is 11.6 Å². The van der Waals surface area contributed by atoms with E-state index in [9.17, 15) is 9.59 Å². The molecular formula is C13H17ClN2O2S. The minimum atomic E-state index is -0.334. The Bertz CT molecular complexity index is 485. The van der Waals surface area contributed by atoms with Crippen LogP contribution in [0.3, 0.4) is 0 Å². The third kappa shape index (κ3) is 4.03. The molecule has 2 rings (SSSR count). The van der Waals surface area contributed by atoms with E-state index in [0.29, 0.717) is 15.3 Å². The van der Waals surface area contributed by atoms with Crippen LogP contribution in [0.5, 0.6) is 0 Å². The Hall–Kier alpha value is -0.910. The summed E-state index contributed by atoms with van der Waals surface area (Å²) >= 11 is 7.10. The van der Waals surface area contributed by atoms with Crippen molar-refractivity contribution in [3.05, 3.63) is 21.3 Å². The molecule has 1 N–H and O–H groups in total. The van der Waals surface area contributed by atoms with E-state index >= 15 is 0 Å². The maximum Gasteiger partial charge on any atom is 0.234 e. The topological polar surface area (TPSA) is 49.4 Å². The van der Waals surface area contributed by atoms with Gasteiger partial charge in [-0.2, -0.15) is 0 Å². The SMILES string of the molecule is CC(C(=O)c1ccc(Cl)s1)N(C)CC(=O)NC1CC1. The molecule has 1 aliphatic rings. The standard InChI is InChI=1S/C13H17ClN2O2S/c1-8(13(18)10-5-6-11(14)19-10)16(2)7-12(17)15-9-3-4-9/h5-6,8-9H,3-4,7H2,1-2H3,(H,15,17). The van der Waals surface area contributed by atoms with Gasteiger partial charge in [0.15, 0.2) is 5.78 Å². The van der Waals surface area contributed by atoms with Crippen molar-refractivity contribution in [3.8, 4) is 0 Å². The van der Waals surface area contributed by atoms with E-state index in [0.717, 1.165) is 12.8 Å². The highest BCUT2D eigenvalue weighted by Gasteiger charge is 2.26. The van der Waals surface area contributed by atoms with Gasteiger partial charge in [-0.25, -0.2) is 0 Å². The lowest BCUT2D eigenvalue weighted by atomic mass is 10.1. The number of nitrogens with zero attached hydrogens (tertiary/aromatic N) is 1. The number of likely N-dealkylation sites (N-methyl/N-ethyl adjacent to an activating group) is 1. The molecule has 1 saturated carbocycles. The Balaban J connectivity index is 1.88. The maximum atomic E-state index is 12.2.